The number of carbonyl (C=O) groups is 5. The van der Waals surface area contributed by atoms with E-state index in [1.54, 1.807) is 0 Å². The Kier molecular flexibility index (Phi) is 10.4. The molecule has 35 heavy (non-hydrogen) atoms. The number of aliphatic carboxylic acids is 1. The summed E-state index contributed by atoms with van der Waals surface area (Å²) in [5.74, 6) is -4.27. The smallest absolute Gasteiger partial charge is 0.326 e. The monoisotopic (exact) mass is 493 g/mol. The Hall–Kier alpha value is -3.71. The molecule has 0 aromatic heterocycles. The molecule has 13 heteroatoms. The van der Waals surface area contributed by atoms with Crippen LogP contribution in [0.25, 0.3) is 0 Å². The van der Waals surface area contributed by atoms with Crippen LogP contribution in [0.1, 0.15) is 31.2 Å². The van der Waals surface area contributed by atoms with Crippen LogP contribution in [-0.2, 0) is 30.4 Å². The van der Waals surface area contributed by atoms with E-state index < -0.39 is 60.4 Å². The number of aliphatic hydroxyl groups excluding tert-OH is 1. The lowest BCUT2D eigenvalue weighted by atomic mass is 10.0. The van der Waals surface area contributed by atoms with E-state index in [4.69, 9.17) is 5.73 Å². The molecule has 2 rings (SSSR count). The number of carboxylic acids is 1. The fraction of sp³-hybridized carbons (Fsp3) is 0.500. The van der Waals surface area contributed by atoms with E-state index >= 15 is 0 Å². The number of nitrogens with two attached hydrogens (primary N) is 1. The first-order valence-corrected chi connectivity index (χ1v) is 11.1. The molecule has 192 valence electrons. The number of rotatable bonds is 13. The highest BCUT2D eigenvalue weighted by Crippen LogP contribution is 2.12. The van der Waals surface area contributed by atoms with E-state index in [0.717, 1.165) is 6.42 Å². The van der Waals surface area contributed by atoms with Crippen molar-refractivity contribution in [1.82, 2.24) is 21.3 Å². The van der Waals surface area contributed by atoms with Crippen LogP contribution in [0.3, 0.4) is 0 Å². The Morgan fingerprint density at radius 1 is 1.00 bits per heavy atom. The maximum atomic E-state index is 12.8. The van der Waals surface area contributed by atoms with Crippen LogP contribution in [0.15, 0.2) is 24.3 Å². The lowest BCUT2D eigenvalue weighted by Gasteiger charge is -2.24. The molecule has 1 aliphatic rings. The van der Waals surface area contributed by atoms with E-state index in [9.17, 15) is 39.3 Å². The molecule has 13 nitrogen and oxygen atoms in total. The predicted octanol–water partition coefficient (Wildman–Crippen LogP) is -2.52. The number of phenols is 1. The van der Waals surface area contributed by atoms with Gasteiger partial charge in [0.05, 0.1) is 12.6 Å². The minimum absolute atomic E-state index is 0.00518. The summed E-state index contributed by atoms with van der Waals surface area (Å²) in [4.78, 5) is 60.7. The average molecular weight is 494 g/mol. The molecule has 9 N–H and O–H groups in total. The molecule has 4 unspecified atom stereocenters. The molecule has 0 aliphatic carbocycles. The fourth-order valence-electron chi connectivity index (χ4n) is 3.54. The SMILES string of the molecule is NC(=O)CCC(NC(=O)C1CCCN1)C(=O)NC(CO)C(=O)NC(Cc1ccc(O)cc1)C(=O)O. The molecule has 1 fully saturated rings. The standard InChI is InChI=1S/C22H31N5O8/c23-18(30)8-7-15(25-19(31)14-2-1-9-24-14)20(32)27-17(11-28)21(33)26-16(22(34)35)10-12-3-5-13(29)6-4-12/h3-6,14-17,24,28-29H,1-2,7-11H2,(H2,23,30)(H,25,31)(H,26,33)(H,27,32)(H,34,35). The zero-order valence-corrected chi connectivity index (χ0v) is 19.0. The van der Waals surface area contributed by atoms with E-state index in [0.29, 0.717) is 18.5 Å². The molecule has 4 atom stereocenters. The molecule has 0 spiro atoms. The maximum absolute atomic E-state index is 12.8. The summed E-state index contributed by atoms with van der Waals surface area (Å²) in [7, 11) is 0. The number of aliphatic hydroxyl groups is 1. The number of hydrogen-bond donors (Lipinski definition) is 8. The third-order valence-corrected chi connectivity index (χ3v) is 5.50. The number of nitrogens with one attached hydrogen (secondary N) is 4. The highest BCUT2D eigenvalue weighted by atomic mass is 16.4. The van der Waals surface area contributed by atoms with E-state index in [1.165, 1.54) is 24.3 Å². The van der Waals surface area contributed by atoms with Gasteiger partial charge in [0.1, 0.15) is 23.9 Å². The van der Waals surface area contributed by atoms with Crippen molar-refractivity contribution < 1.29 is 39.3 Å². The topological polar surface area (TPSA) is 220 Å². The first kappa shape index (κ1) is 27.5. The molecule has 0 saturated carbocycles. The third kappa shape index (κ3) is 8.87. The normalized spacial score (nSPS) is 17.6. The Morgan fingerprint density at radius 2 is 1.63 bits per heavy atom. The second-order valence-corrected chi connectivity index (χ2v) is 8.23. The summed E-state index contributed by atoms with van der Waals surface area (Å²) < 4.78 is 0. The highest BCUT2D eigenvalue weighted by Gasteiger charge is 2.31. The van der Waals surface area contributed by atoms with Crippen LogP contribution in [0.5, 0.6) is 5.75 Å². The van der Waals surface area contributed by atoms with Gasteiger partial charge in [-0.3, -0.25) is 19.2 Å². The van der Waals surface area contributed by atoms with E-state index in [-0.39, 0.29) is 25.0 Å². The number of benzene rings is 1. The number of amides is 4. The van der Waals surface area contributed by atoms with Crippen molar-refractivity contribution in [2.75, 3.05) is 13.2 Å². The van der Waals surface area contributed by atoms with Crippen LogP contribution in [0, 0.1) is 0 Å². The molecule has 1 aromatic carbocycles. The van der Waals surface area contributed by atoms with Gasteiger partial charge in [0.2, 0.25) is 23.6 Å². The Morgan fingerprint density at radius 3 is 2.17 bits per heavy atom. The number of hydrogen-bond acceptors (Lipinski definition) is 8. The number of aromatic hydroxyl groups is 1. The zero-order chi connectivity index (χ0) is 26.0. The summed E-state index contributed by atoms with van der Waals surface area (Å²) in [6, 6.07) is 1.14. The minimum Gasteiger partial charge on any atom is -0.508 e. The summed E-state index contributed by atoms with van der Waals surface area (Å²) >= 11 is 0. The lowest BCUT2D eigenvalue weighted by molar-refractivity contribution is -0.142. The Bertz CT molecular complexity index is 917. The van der Waals surface area contributed by atoms with Gasteiger partial charge in [-0.05, 0) is 43.5 Å². The van der Waals surface area contributed by atoms with Crippen LogP contribution in [-0.4, -0.2) is 82.2 Å². The van der Waals surface area contributed by atoms with Crippen LogP contribution in [0.4, 0.5) is 0 Å². The van der Waals surface area contributed by atoms with Crippen molar-refractivity contribution in [1.29, 1.82) is 0 Å². The molecule has 4 amide bonds. The Balaban J connectivity index is 2.04. The van der Waals surface area contributed by atoms with Crippen LogP contribution >= 0.6 is 0 Å². The van der Waals surface area contributed by atoms with Crippen LogP contribution in [0.2, 0.25) is 0 Å². The first-order chi connectivity index (χ1) is 16.6. The molecule has 1 aliphatic heterocycles. The van der Waals surface area contributed by atoms with Crippen LogP contribution < -0.4 is 27.0 Å². The molecule has 1 saturated heterocycles. The van der Waals surface area contributed by atoms with E-state index in [2.05, 4.69) is 21.3 Å². The van der Waals surface area contributed by atoms with Crippen molar-refractivity contribution in [2.45, 2.75) is 56.3 Å². The fourth-order valence-corrected chi connectivity index (χ4v) is 3.54. The van der Waals surface area contributed by atoms with Gasteiger partial charge in [-0.1, -0.05) is 12.1 Å². The summed E-state index contributed by atoms with van der Waals surface area (Å²) in [5.41, 5.74) is 5.68. The van der Waals surface area contributed by atoms with Crippen molar-refractivity contribution in [3.8, 4) is 5.75 Å². The molecule has 1 aromatic rings. The van der Waals surface area contributed by atoms with Crippen molar-refractivity contribution >= 4 is 29.6 Å². The maximum Gasteiger partial charge on any atom is 0.326 e. The van der Waals surface area contributed by atoms with Gasteiger partial charge in [-0.2, -0.15) is 0 Å². The third-order valence-electron chi connectivity index (χ3n) is 5.50. The highest BCUT2D eigenvalue weighted by molar-refractivity contribution is 5.94. The number of primary amides is 1. The average Bonchev–Trinajstić information content (AvgIpc) is 3.35. The largest absolute Gasteiger partial charge is 0.508 e. The second kappa shape index (κ2) is 13.2. The minimum atomic E-state index is -1.51. The molecule has 0 bridgehead atoms. The lowest BCUT2D eigenvalue weighted by Crippen LogP contribution is -2.58. The zero-order valence-electron chi connectivity index (χ0n) is 19.0. The quantitative estimate of drug-likeness (QED) is 0.145. The van der Waals surface area contributed by atoms with Crippen molar-refractivity contribution in [3.63, 3.8) is 0 Å². The summed E-state index contributed by atoms with van der Waals surface area (Å²) in [6.07, 6.45) is 0.921. The first-order valence-electron chi connectivity index (χ1n) is 11.1. The number of carboxylic acid groups (broad SMARTS) is 1. The molecular formula is C22H31N5O8. The molecule has 1 heterocycles. The van der Waals surface area contributed by atoms with Gasteiger partial charge in [-0.25, -0.2) is 4.79 Å². The van der Waals surface area contributed by atoms with Gasteiger partial charge in [0.15, 0.2) is 0 Å². The van der Waals surface area contributed by atoms with Crippen molar-refractivity contribution in [2.24, 2.45) is 5.73 Å². The number of carbonyl (C=O) groups excluding carboxylic acids is 4. The predicted molar refractivity (Wildman–Crippen MR) is 122 cm³/mol. The van der Waals surface area contributed by atoms with Gasteiger partial charge in [0, 0.05) is 12.8 Å². The molecule has 0 radical (unpaired) electrons. The molecular weight excluding hydrogens is 462 g/mol. The van der Waals surface area contributed by atoms with Crippen molar-refractivity contribution in [3.05, 3.63) is 29.8 Å². The second-order valence-electron chi connectivity index (χ2n) is 8.23. The van der Waals surface area contributed by atoms with Gasteiger partial charge >= 0.3 is 5.97 Å². The van der Waals surface area contributed by atoms with Gasteiger partial charge in [-0.15, -0.1) is 0 Å². The van der Waals surface area contributed by atoms with E-state index in [1.807, 2.05) is 0 Å². The number of phenolic OH excluding ortho intramolecular Hbond substituents is 1. The van der Waals surface area contributed by atoms with Gasteiger partial charge < -0.3 is 42.3 Å². The summed E-state index contributed by atoms with van der Waals surface area (Å²) in [5, 5.41) is 38.5. The Labute approximate surface area is 201 Å². The summed E-state index contributed by atoms with van der Waals surface area (Å²) in [6.45, 7) is -0.193. The van der Waals surface area contributed by atoms with Gasteiger partial charge in [0.25, 0.3) is 0 Å².